The number of amides is 1. The van der Waals surface area contributed by atoms with Crippen molar-refractivity contribution in [2.24, 2.45) is 7.05 Å². The highest BCUT2D eigenvalue weighted by Crippen LogP contribution is 2.24. The van der Waals surface area contributed by atoms with Crippen molar-refractivity contribution in [1.82, 2.24) is 9.47 Å². The molecule has 32 heavy (non-hydrogen) atoms. The Labute approximate surface area is 186 Å². The molecular weight excluding hydrogens is 412 g/mol. The summed E-state index contributed by atoms with van der Waals surface area (Å²) in [5.41, 5.74) is 2.25. The Morgan fingerprint density at radius 1 is 1.09 bits per heavy atom. The summed E-state index contributed by atoms with van der Waals surface area (Å²) in [6.45, 7) is 3.38. The van der Waals surface area contributed by atoms with Gasteiger partial charge in [-0.1, -0.05) is 6.07 Å². The van der Waals surface area contributed by atoms with Gasteiger partial charge in [0.25, 0.3) is 5.91 Å². The number of esters is 1. The molecule has 0 aliphatic heterocycles. The molecule has 0 saturated carbocycles. The molecule has 2 heterocycles. The van der Waals surface area contributed by atoms with Crippen molar-refractivity contribution < 1.29 is 28.3 Å². The van der Waals surface area contributed by atoms with Gasteiger partial charge >= 0.3 is 5.97 Å². The maximum atomic E-state index is 13.3. The second-order valence-corrected chi connectivity index (χ2v) is 7.38. The summed E-state index contributed by atoms with van der Waals surface area (Å²) in [5, 5.41) is 0. The van der Waals surface area contributed by atoms with Crippen LogP contribution in [0.4, 0.5) is 0 Å². The van der Waals surface area contributed by atoms with E-state index in [-0.39, 0.29) is 24.8 Å². The van der Waals surface area contributed by atoms with Gasteiger partial charge < -0.3 is 23.4 Å². The monoisotopic (exact) mass is 438 g/mol. The number of nitrogens with zero attached hydrogens (tertiary/aromatic N) is 2. The molecule has 1 aromatic carbocycles. The van der Waals surface area contributed by atoms with Gasteiger partial charge in [0.2, 0.25) is 0 Å². The Morgan fingerprint density at radius 2 is 1.84 bits per heavy atom. The number of Topliss-reactive ketones (excluding diaryl/α,β-unsaturated/α-hetero) is 1. The Bertz CT molecular complexity index is 1140. The number of carbonyl (C=O) groups excluding carboxylic acids is 3. The molecule has 0 fully saturated rings. The lowest BCUT2D eigenvalue weighted by Gasteiger charge is -2.21. The third-order valence-electron chi connectivity index (χ3n) is 5.45. The van der Waals surface area contributed by atoms with Crippen molar-refractivity contribution in [3.05, 3.63) is 76.5 Å². The lowest BCUT2D eigenvalue weighted by atomic mass is 10.0. The first kappa shape index (κ1) is 22.9. The summed E-state index contributed by atoms with van der Waals surface area (Å²) in [6, 6.07) is 10.2. The third kappa shape index (κ3) is 4.44. The van der Waals surface area contributed by atoms with Crippen LogP contribution in [0.25, 0.3) is 0 Å². The van der Waals surface area contributed by atoms with Gasteiger partial charge in [-0.15, -0.1) is 0 Å². The Hall–Kier alpha value is -3.81. The third-order valence-corrected chi connectivity index (χ3v) is 5.45. The van der Waals surface area contributed by atoms with E-state index in [2.05, 4.69) is 0 Å². The predicted molar refractivity (Wildman–Crippen MR) is 117 cm³/mol. The van der Waals surface area contributed by atoms with Gasteiger partial charge in [-0.2, -0.15) is 0 Å². The maximum absolute atomic E-state index is 13.3. The lowest BCUT2D eigenvalue weighted by molar-refractivity contribution is 0.0588. The number of ether oxygens (including phenoxy) is 2. The largest absolute Gasteiger partial charge is 0.497 e. The van der Waals surface area contributed by atoms with E-state index in [1.165, 1.54) is 25.4 Å². The van der Waals surface area contributed by atoms with Crippen molar-refractivity contribution in [3.63, 3.8) is 0 Å². The zero-order chi connectivity index (χ0) is 23.4. The van der Waals surface area contributed by atoms with E-state index in [0.29, 0.717) is 39.6 Å². The summed E-state index contributed by atoms with van der Waals surface area (Å²) < 4.78 is 17.1. The summed E-state index contributed by atoms with van der Waals surface area (Å²) in [6.07, 6.45) is 1.51. The minimum atomic E-state index is -0.521. The van der Waals surface area contributed by atoms with Crippen LogP contribution < -0.4 is 4.74 Å². The van der Waals surface area contributed by atoms with Crippen LogP contribution in [-0.4, -0.2) is 47.9 Å². The van der Waals surface area contributed by atoms with Crippen molar-refractivity contribution in [2.75, 3.05) is 20.8 Å². The number of benzene rings is 1. The van der Waals surface area contributed by atoms with Gasteiger partial charge in [0.15, 0.2) is 5.78 Å². The zero-order valence-corrected chi connectivity index (χ0v) is 18.8. The SMILES string of the molecule is COC(=O)c1c(C)c(C(=O)CN(Cc2ccco2)C(=O)c2cccc(OC)c2)c(C)n1C. The fourth-order valence-electron chi connectivity index (χ4n) is 3.76. The number of hydrogen-bond donors (Lipinski definition) is 0. The van der Waals surface area contributed by atoms with Gasteiger partial charge in [-0.25, -0.2) is 4.79 Å². The van der Waals surface area contributed by atoms with Crippen LogP contribution in [0.15, 0.2) is 47.1 Å². The molecule has 0 saturated heterocycles. The molecule has 0 aliphatic carbocycles. The number of furan rings is 1. The maximum Gasteiger partial charge on any atom is 0.354 e. The molecule has 0 N–H and O–H groups in total. The fraction of sp³-hybridized carbons (Fsp3) is 0.292. The quantitative estimate of drug-likeness (QED) is 0.395. The van der Waals surface area contributed by atoms with Crippen LogP contribution in [0.2, 0.25) is 0 Å². The molecule has 8 heteroatoms. The van der Waals surface area contributed by atoms with E-state index in [0.717, 1.165) is 0 Å². The standard InChI is InChI=1S/C24H26N2O6/c1-15-21(16(2)25(3)22(15)24(29)31-5)20(27)14-26(13-19-10-7-11-32-19)23(28)17-8-6-9-18(12-17)30-4/h6-12H,13-14H2,1-5H3. The number of rotatable bonds is 8. The summed E-state index contributed by atoms with van der Waals surface area (Å²) in [7, 11) is 4.52. The molecule has 0 aliphatic rings. The molecule has 2 aromatic heterocycles. The highest BCUT2D eigenvalue weighted by molar-refractivity contribution is 6.06. The fourth-order valence-corrected chi connectivity index (χ4v) is 3.76. The molecule has 0 atom stereocenters. The van der Waals surface area contributed by atoms with E-state index < -0.39 is 5.97 Å². The Morgan fingerprint density at radius 3 is 2.47 bits per heavy atom. The first-order chi connectivity index (χ1) is 15.3. The number of methoxy groups -OCH3 is 2. The first-order valence-corrected chi connectivity index (χ1v) is 10.0. The normalized spacial score (nSPS) is 10.7. The van der Waals surface area contributed by atoms with Gasteiger partial charge in [-0.05, 0) is 49.7 Å². The lowest BCUT2D eigenvalue weighted by Crippen LogP contribution is -2.35. The van der Waals surface area contributed by atoms with Crippen LogP contribution in [-0.2, 0) is 18.3 Å². The number of ketones is 1. The summed E-state index contributed by atoms with van der Waals surface area (Å²) in [4.78, 5) is 40.2. The van der Waals surface area contributed by atoms with Crippen LogP contribution in [0.5, 0.6) is 5.75 Å². The minimum Gasteiger partial charge on any atom is -0.497 e. The molecular formula is C24H26N2O6. The average Bonchev–Trinajstić information content (AvgIpc) is 3.38. The van der Waals surface area contributed by atoms with E-state index in [4.69, 9.17) is 13.9 Å². The van der Waals surface area contributed by atoms with E-state index in [9.17, 15) is 14.4 Å². The molecule has 8 nitrogen and oxygen atoms in total. The summed E-state index contributed by atoms with van der Waals surface area (Å²) in [5.74, 6) is -0.0583. The number of hydrogen-bond acceptors (Lipinski definition) is 6. The van der Waals surface area contributed by atoms with E-state index >= 15 is 0 Å². The molecule has 0 bridgehead atoms. The minimum absolute atomic E-state index is 0.115. The van der Waals surface area contributed by atoms with Crippen LogP contribution in [0.3, 0.4) is 0 Å². The second kappa shape index (κ2) is 9.55. The zero-order valence-electron chi connectivity index (χ0n) is 18.8. The van der Waals surface area contributed by atoms with Gasteiger partial charge in [0, 0.05) is 23.9 Å². The highest BCUT2D eigenvalue weighted by atomic mass is 16.5. The van der Waals surface area contributed by atoms with Crippen molar-refractivity contribution in [2.45, 2.75) is 20.4 Å². The predicted octanol–water partition coefficient (Wildman–Crippen LogP) is 3.56. The van der Waals surface area contributed by atoms with Crippen molar-refractivity contribution >= 4 is 17.7 Å². The average molecular weight is 438 g/mol. The Balaban J connectivity index is 1.96. The smallest absolute Gasteiger partial charge is 0.354 e. The first-order valence-electron chi connectivity index (χ1n) is 10.0. The molecule has 3 aromatic rings. The van der Waals surface area contributed by atoms with Crippen molar-refractivity contribution in [3.8, 4) is 5.75 Å². The van der Waals surface area contributed by atoms with E-state index in [1.807, 2.05) is 0 Å². The number of aromatic nitrogens is 1. The molecule has 1 amide bonds. The molecule has 0 spiro atoms. The molecule has 168 valence electrons. The number of carbonyl (C=O) groups is 3. The Kier molecular flexibility index (Phi) is 6.82. The van der Waals surface area contributed by atoms with Crippen LogP contribution >= 0.6 is 0 Å². The van der Waals surface area contributed by atoms with E-state index in [1.54, 1.807) is 61.9 Å². The summed E-state index contributed by atoms with van der Waals surface area (Å²) >= 11 is 0. The van der Waals surface area contributed by atoms with Crippen LogP contribution in [0.1, 0.15) is 48.2 Å². The molecule has 0 radical (unpaired) electrons. The van der Waals surface area contributed by atoms with Crippen molar-refractivity contribution in [1.29, 1.82) is 0 Å². The molecule has 0 unspecified atom stereocenters. The van der Waals surface area contributed by atoms with Gasteiger partial charge in [-0.3, -0.25) is 9.59 Å². The second-order valence-electron chi connectivity index (χ2n) is 7.38. The topological polar surface area (TPSA) is 91.0 Å². The van der Waals surface area contributed by atoms with Crippen LogP contribution in [0, 0.1) is 13.8 Å². The van der Waals surface area contributed by atoms with Gasteiger partial charge in [0.1, 0.15) is 17.2 Å². The molecule has 3 rings (SSSR count). The van der Waals surface area contributed by atoms with Gasteiger partial charge in [0.05, 0.1) is 33.6 Å². The highest BCUT2D eigenvalue weighted by Gasteiger charge is 2.28.